The highest BCUT2D eigenvalue weighted by Gasteiger charge is 2.54. The topological polar surface area (TPSA) is 164 Å². The first-order valence-electron chi connectivity index (χ1n) is 13.9. The van der Waals surface area contributed by atoms with Gasteiger partial charge in [-0.3, -0.25) is 28.9 Å². The van der Waals surface area contributed by atoms with Crippen LogP contribution in [-0.2, 0) is 30.3 Å². The summed E-state index contributed by atoms with van der Waals surface area (Å²) in [4.78, 5) is 78.3. The van der Waals surface area contributed by atoms with Gasteiger partial charge in [-0.2, -0.15) is 0 Å². The molecule has 0 bridgehead atoms. The standard InChI is InChI=1S/C31H28N4O8S/c1-15-11-18-9-6-10-20-24(18)34(15)12-21(26(20)37)27(38)32-22(17-7-4-3-5-8-17)28(39)33-23-29(40)35-25(31(41)42)19(13-43-16(2)36)14-44-30(23)35/h3-10,12,15,22-23,30H,11,13-14H2,1-2H3,(H,32,38)(H,33,39)(H,41,42). The predicted molar refractivity (Wildman–Crippen MR) is 160 cm³/mol. The average Bonchev–Trinajstić information content (AvgIpc) is 3.33. The number of carbonyl (C=O) groups excluding carboxylic acids is 4. The molecule has 3 N–H and O–H groups in total. The van der Waals surface area contributed by atoms with E-state index in [-0.39, 0.29) is 35.2 Å². The maximum Gasteiger partial charge on any atom is 0.352 e. The summed E-state index contributed by atoms with van der Waals surface area (Å²) in [6, 6.07) is 11.6. The Kier molecular flexibility index (Phi) is 7.49. The fraction of sp³-hybridized carbons (Fsp3) is 0.290. The van der Waals surface area contributed by atoms with Gasteiger partial charge in [0.25, 0.3) is 11.8 Å². The third-order valence-electron chi connectivity index (χ3n) is 8.04. The van der Waals surface area contributed by atoms with Crippen molar-refractivity contribution in [3.05, 3.63) is 92.9 Å². The summed E-state index contributed by atoms with van der Waals surface area (Å²) in [7, 11) is 0. The van der Waals surface area contributed by atoms with Crippen LogP contribution in [0, 0.1) is 0 Å². The van der Waals surface area contributed by atoms with Gasteiger partial charge in [0, 0.05) is 35.9 Å². The number of β-lactam (4-membered cyclic amide) rings is 1. The Morgan fingerprint density at radius 2 is 1.84 bits per heavy atom. The highest BCUT2D eigenvalue weighted by molar-refractivity contribution is 8.00. The molecule has 1 saturated heterocycles. The summed E-state index contributed by atoms with van der Waals surface area (Å²) in [6.45, 7) is 2.93. The number of carboxylic acids is 1. The summed E-state index contributed by atoms with van der Waals surface area (Å²) in [5.41, 5.74) is 1.69. The molecule has 4 heterocycles. The molecule has 3 aliphatic heterocycles. The molecule has 44 heavy (non-hydrogen) atoms. The number of pyridine rings is 1. The van der Waals surface area contributed by atoms with Gasteiger partial charge in [-0.05, 0) is 30.5 Å². The number of benzene rings is 2. The Bertz CT molecular complexity index is 1840. The van der Waals surface area contributed by atoms with Crippen LogP contribution in [0.3, 0.4) is 0 Å². The van der Waals surface area contributed by atoms with Crippen molar-refractivity contribution in [2.45, 2.75) is 43.8 Å². The van der Waals surface area contributed by atoms with Crippen LogP contribution in [0.5, 0.6) is 0 Å². The van der Waals surface area contributed by atoms with E-state index in [0.29, 0.717) is 10.9 Å². The number of nitrogens with zero attached hydrogens (tertiary/aromatic N) is 2. The molecule has 0 aliphatic carbocycles. The largest absolute Gasteiger partial charge is 0.477 e. The molecule has 0 saturated carbocycles. The maximum atomic E-state index is 13.7. The highest BCUT2D eigenvalue weighted by Crippen LogP contribution is 2.40. The Hall–Kier alpha value is -4.91. The molecule has 0 spiro atoms. The second-order valence-electron chi connectivity index (χ2n) is 10.9. The summed E-state index contributed by atoms with van der Waals surface area (Å²) in [5, 5.41) is 14.9. The molecule has 13 heteroatoms. The number of aliphatic carboxylic acids is 1. The second-order valence-corrected chi connectivity index (χ2v) is 12.0. The van der Waals surface area contributed by atoms with E-state index in [1.807, 2.05) is 17.6 Å². The molecular weight excluding hydrogens is 588 g/mol. The average molecular weight is 617 g/mol. The van der Waals surface area contributed by atoms with E-state index in [0.717, 1.165) is 22.4 Å². The molecule has 6 rings (SSSR count). The molecule has 4 unspecified atom stereocenters. The molecule has 1 aromatic heterocycles. The van der Waals surface area contributed by atoms with Crippen molar-refractivity contribution >= 4 is 52.3 Å². The molecule has 12 nitrogen and oxygen atoms in total. The lowest BCUT2D eigenvalue weighted by atomic mass is 10.0. The lowest BCUT2D eigenvalue weighted by Crippen LogP contribution is -2.71. The van der Waals surface area contributed by atoms with Gasteiger partial charge in [0.2, 0.25) is 11.3 Å². The number of carbonyl (C=O) groups is 5. The van der Waals surface area contributed by atoms with Crippen LogP contribution < -0.4 is 16.1 Å². The van der Waals surface area contributed by atoms with E-state index in [4.69, 9.17) is 4.74 Å². The summed E-state index contributed by atoms with van der Waals surface area (Å²) in [6.07, 6.45) is 2.26. The maximum absolute atomic E-state index is 13.7. The third-order valence-corrected chi connectivity index (χ3v) is 9.38. The fourth-order valence-corrected chi connectivity index (χ4v) is 7.28. The number of hydrogen-bond donors (Lipinski definition) is 3. The van der Waals surface area contributed by atoms with Crippen molar-refractivity contribution in [1.29, 1.82) is 0 Å². The molecule has 226 valence electrons. The third kappa shape index (κ3) is 4.92. The number of fused-ring (bicyclic) bond motifs is 1. The van der Waals surface area contributed by atoms with E-state index in [2.05, 4.69) is 10.6 Å². The monoisotopic (exact) mass is 616 g/mol. The number of thioether (sulfide) groups is 1. The van der Waals surface area contributed by atoms with E-state index in [1.165, 1.54) is 24.9 Å². The van der Waals surface area contributed by atoms with Crippen molar-refractivity contribution in [1.82, 2.24) is 20.1 Å². The Balaban J connectivity index is 1.26. The van der Waals surface area contributed by atoms with Crippen LogP contribution in [0.4, 0.5) is 0 Å². The van der Waals surface area contributed by atoms with Gasteiger partial charge in [-0.25, -0.2) is 4.79 Å². The van der Waals surface area contributed by atoms with Crippen molar-refractivity contribution in [3.63, 3.8) is 0 Å². The number of amides is 3. The lowest BCUT2D eigenvalue weighted by Gasteiger charge is -2.49. The van der Waals surface area contributed by atoms with Gasteiger partial charge in [0.15, 0.2) is 0 Å². The van der Waals surface area contributed by atoms with E-state index < -0.39 is 52.5 Å². The molecule has 4 atom stereocenters. The fourth-order valence-electron chi connectivity index (χ4n) is 5.95. The number of rotatable bonds is 8. The normalized spacial score (nSPS) is 20.9. The zero-order valence-corrected chi connectivity index (χ0v) is 24.6. The predicted octanol–water partition coefficient (Wildman–Crippen LogP) is 1.89. The van der Waals surface area contributed by atoms with Gasteiger partial charge in [-0.1, -0.05) is 42.5 Å². The van der Waals surface area contributed by atoms with Gasteiger partial charge >= 0.3 is 11.9 Å². The second kappa shape index (κ2) is 11.3. The minimum atomic E-state index is -1.35. The molecular formula is C31H28N4O8S. The van der Waals surface area contributed by atoms with Crippen LogP contribution in [0.15, 0.2) is 70.8 Å². The number of hydrogen-bond acceptors (Lipinski definition) is 8. The first kappa shape index (κ1) is 29.2. The SMILES string of the molecule is CC(=O)OCC1=C(C(=O)O)N2C(=O)C(NC(=O)C(NC(=O)c3cn4c5c(cccc5c3=O)CC4C)c3ccccc3)C2SC1. The quantitative estimate of drug-likeness (QED) is 0.253. The minimum Gasteiger partial charge on any atom is -0.477 e. The lowest BCUT2D eigenvalue weighted by molar-refractivity contribution is -0.151. The Morgan fingerprint density at radius 1 is 1.09 bits per heavy atom. The first-order valence-corrected chi connectivity index (χ1v) is 15.0. The number of para-hydroxylation sites is 1. The zero-order chi connectivity index (χ0) is 31.3. The van der Waals surface area contributed by atoms with E-state index in [9.17, 15) is 33.9 Å². The van der Waals surface area contributed by atoms with Crippen molar-refractivity contribution in [3.8, 4) is 0 Å². The summed E-state index contributed by atoms with van der Waals surface area (Å²) >= 11 is 1.22. The van der Waals surface area contributed by atoms with Gasteiger partial charge in [-0.15, -0.1) is 11.8 Å². The van der Waals surface area contributed by atoms with Gasteiger partial charge in [0.1, 0.15) is 35.3 Å². The van der Waals surface area contributed by atoms with E-state index >= 15 is 0 Å². The van der Waals surface area contributed by atoms with Crippen LogP contribution >= 0.6 is 11.8 Å². The van der Waals surface area contributed by atoms with Crippen molar-refractivity contribution < 1.29 is 33.8 Å². The molecule has 3 aliphatic rings. The van der Waals surface area contributed by atoms with Gasteiger partial charge in [0.05, 0.1) is 5.52 Å². The van der Waals surface area contributed by atoms with Crippen LogP contribution in [0.25, 0.3) is 10.9 Å². The summed E-state index contributed by atoms with van der Waals surface area (Å²) in [5.74, 6) is -3.85. The number of ether oxygens (including phenoxy) is 1. The smallest absolute Gasteiger partial charge is 0.352 e. The molecule has 0 radical (unpaired) electrons. The van der Waals surface area contributed by atoms with E-state index in [1.54, 1.807) is 42.5 Å². The van der Waals surface area contributed by atoms with Crippen molar-refractivity contribution in [2.75, 3.05) is 12.4 Å². The van der Waals surface area contributed by atoms with Crippen molar-refractivity contribution in [2.24, 2.45) is 0 Å². The first-order chi connectivity index (χ1) is 21.1. The van der Waals surface area contributed by atoms with Gasteiger partial charge < -0.3 is 25.0 Å². The molecule has 3 amide bonds. The number of nitrogens with one attached hydrogen (secondary N) is 2. The highest BCUT2D eigenvalue weighted by atomic mass is 32.2. The van der Waals surface area contributed by atoms with Crippen LogP contribution in [0.2, 0.25) is 0 Å². The Morgan fingerprint density at radius 3 is 2.55 bits per heavy atom. The summed E-state index contributed by atoms with van der Waals surface area (Å²) < 4.78 is 6.87. The number of carboxylic acid groups (broad SMARTS) is 1. The van der Waals surface area contributed by atoms with Crippen LogP contribution in [0.1, 0.15) is 47.4 Å². The Labute approximate surface area is 255 Å². The molecule has 1 fully saturated rings. The van der Waals surface area contributed by atoms with Crippen LogP contribution in [-0.4, -0.2) is 68.0 Å². The number of esters is 1. The zero-order valence-electron chi connectivity index (χ0n) is 23.7. The molecule has 3 aromatic rings. The minimum absolute atomic E-state index is 0.0371. The molecule has 2 aromatic carbocycles. The number of aromatic nitrogens is 1.